The lowest BCUT2D eigenvalue weighted by Crippen LogP contribution is -2.38. The Morgan fingerprint density at radius 1 is 1.59 bits per heavy atom. The van der Waals surface area contributed by atoms with Gasteiger partial charge in [-0.05, 0) is 13.8 Å². The van der Waals surface area contributed by atoms with Crippen molar-refractivity contribution in [3.05, 3.63) is 18.0 Å². The molecule has 5 heteroatoms. The molecule has 1 aliphatic rings. The van der Waals surface area contributed by atoms with Gasteiger partial charge in [-0.1, -0.05) is 0 Å². The van der Waals surface area contributed by atoms with E-state index in [0.29, 0.717) is 19.3 Å². The lowest BCUT2D eigenvalue weighted by Gasteiger charge is -2.24. The highest BCUT2D eigenvalue weighted by atomic mass is 16.6. The molecule has 0 radical (unpaired) electrons. The molecule has 1 N–H and O–H groups in total. The van der Waals surface area contributed by atoms with E-state index in [9.17, 15) is 0 Å². The summed E-state index contributed by atoms with van der Waals surface area (Å²) < 4.78 is 12.9. The van der Waals surface area contributed by atoms with E-state index in [0.717, 1.165) is 19.7 Å². The summed E-state index contributed by atoms with van der Waals surface area (Å²) >= 11 is 0. The van der Waals surface area contributed by atoms with Crippen LogP contribution < -0.4 is 5.32 Å². The third kappa shape index (κ3) is 3.52. The van der Waals surface area contributed by atoms with Gasteiger partial charge in [0.2, 0.25) is 0 Å². The molecular weight excluding hydrogens is 218 g/mol. The Balaban J connectivity index is 1.77. The number of aromatic nitrogens is 2. The molecule has 1 aliphatic heterocycles. The van der Waals surface area contributed by atoms with Crippen LogP contribution >= 0.6 is 0 Å². The molecule has 2 atom stereocenters. The van der Waals surface area contributed by atoms with Crippen molar-refractivity contribution in [2.75, 3.05) is 26.4 Å². The molecule has 2 unspecified atom stereocenters. The summed E-state index contributed by atoms with van der Waals surface area (Å²) in [5, 5.41) is 7.72. The monoisotopic (exact) mass is 239 g/mol. The van der Waals surface area contributed by atoms with Crippen molar-refractivity contribution in [1.82, 2.24) is 15.1 Å². The molecule has 0 bridgehead atoms. The standard InChI is InChI=1S/C12H21N3O2/c1-3-15-8-11(6-14-15)10(2)13-7-12-9-16-4-5-17-12/h6,8,10,12-13H,3-5,7,9H2,1-2H3. The van der Waals surface area contributed by atoms with Crippen LogP contribution in [-0.2, 0) is 16.0 Å². The smallest absolute Gasteiger partial charge is 0.0933 e. The van der Waals surface area contributed by atoms with Crippen LogP contribution in [0.1, 0.15) is 25.5 Å². The summed E-state index contributed by atoms with van der Waals surface area (Å²) in [7, 11) is 0. The summed E-state index contributed by atoms with van der Waals surface area (Å²) in [6.07, 6.45) is 4.17. The van der Waals surface area contributed by atoms with E-state index in [1.807, 2.05) is 10.9 Å². The zero-order valence-electron chi connectivity index (χ0n) is 10.6. The van der Waals surface area contributed by atoms with Gasteiger partial charge in [0.1, 0.15) is 0 Å². The molecule has 96 valence electrons. The lowest BCUT2D eigenvalue weighted by molar-refractivity contribution is -0.0869. The molecule has 0 saturated carbocycles. The molecule has 0 amide bonds. The van der Waals surface area contributed by atoms with Gasteiger partial charge in [0.25, 0.3) is 0 Å². The summed E-state index contributed by atoms with van der Waals surface area (Å²) in [5.74, 6) is 0. The van der Waals surface area contributed by atoms with Crippen molar-refractivity contribution in [2.24, 2.45) is 0 Å². The number of hydrogen-bond acceptors (Lipinski definition) is 4. The fourth-order valence-electron chi connectivity index (χ4n) is 1.86. The Morgan fingerprint density at radius 3 is 3.12 bits per heavy atom. The minimum atomic E-state index is 0.174. The first kappa shape index (κ1) is 12.5. The fraction of sp³-hybridized carbons (Fsp3) is 0.750. The summed E-state index contributed by atoms with van der Waals surface area (Å²) in [5.41, 5.74) is 1.21. The van der Waals surface area contributed by atoms with Crippen molar-refractivity contribution in [2.45, 2.75) is 32.5 Å². The average molecular weight is 239 g/mol. The molecule has 5 nitrogen and oxygen atoms in total. The highest BCUT2D eigenvalue weighted by Crippen LogP contribution is 2.11. The largest absolute Gasteiger partial charge is 0.376 e. The van der Waals surface area contributed by atoms with Crippen LogP contribution in [0, 0.1) is 0 Å². The summed E-state index contributed by atoms with van der Waals surface area (Å²) in [6.45, 7) is 8.06. The van der Waals surface area contributed by atoms with E-state index >= 15 is 0 Å². The van der Waals surface area contributed by atoms with Crippen LogP contribution in [0.15, 0.2) is 12.4 Å². The Bertz CT molecular complexity index is 334. The predicted molar refractivity (Wildman–Crippen MR) is 64.9 cm³/mol. The predicted octanol–water partition coefficient (Wildman–Crippen LogP) is 0.969. The molecule has 2 rings (SSSR count). The highest BCUT2D eigenvalue weighted by molar-refractivity contribution is 5.09. The second-order valence-corrected chi connectivity index (χ2v) is 4.33. The van der Waals surface area contributed by atoms with Crippen LogP contribution in [0.4, 0.5) is 0 Å². The molecule has 17 heavy (non-hydrogen) atoms. The van der Waals surface area contributed by atoms with Crippen molar-refractivity contribution >= 4 is 0 Å². The topological polar surface area (TPSA) is 48.3 Å². The van der Waals surface area contributed by atoms with E-state index in [-0.39, 0.29) is 6.10 Å². The van der Waals surface area contributed by atoms with Gasteiger partial charge in [-0.2, -0.15) is 5.10 Å². The van der Waals surface area contributed by atoms with Gasteiger partial charge < -0.3 is 14.8 Å². The quantitative estimate of drug-likeness (QED) is 0.831. The van der Waals surface area contributed by atoms with E-state index in [1.165, 1.54) is 5.56 Å². The van der Waals surface area contributed by atoms with Crippen LogP contribution in [0.2, 0.25) is 0 Å². The van der Waals surface area contributed by atoms with Gasteiger partial charge in [-0.15, -0.1) is 0 Å². The molecule has 2 heterocycles. The third-order valence-corrected chi connectivity index (χ3v) is 3.01. The SMILES string of the molecule is CCn1cc(C(C)NCC2COCCO2)cn1. The first-order valence-corrected chi connectivity index (χ1v) is 6.24. The van der Waals surface area contributed by atoms with E-state index < -0.39 is 0 Å². The second-order valence-electron chi connectivity index (χ2n) is 4.33. The third-order valence-electron chi connectivity index (χ3n) is 3.01. The van der Waals surface area contributed by atoms with Crippen molar-refractivity contribution in [1.29, 1.82) is 0 Å². The number of ether oxygens (including phenoxy) is 2. The highest BCUT2D eigenvalue weighted by Gasteiger charge is 2.15. The number of nitrogens with one attached hydrogen (secondary N) is 1. The van der Waals surface area contributed by atoms with E-state index in [1.54, 1.807) is 0 Å². The number of hydrogen-bond donors (Lipinski definition) is 1. The van der Waals surface area contributed by atoms with Crippen LogP contribution in [0.3, 0.4) is 0 Å². The Morgan fingerprint density at radius 2 is 2.47 bits per heavy atom. The molecule has 0 aliphatic carbocycles. The Hall–Kier alpha value is -0.910. The van der Waals surface area contributed by atoms with Crippen LogP contribution in [-0.4, -0.2) is 42.2 Å². The minimum Gasteiger partial charge on any atom is -0.376 e. The van der Waals surface area contributed by atoms with Crippen LogP contribution in [0.5, 0.6) is 0 Å². The van der Waals surface area contributed by atoms with Gasteiger partial charge in [0.15, 0.2) is 0 Å². The lowest BCUT2D eigenvalue weighted by atomic mass is 10.2. The molecule has 1 saturated heterocycles. The summed E-state index contributed by atoms with van der Waals surface area (Å²) in [4.78, 5) is 0. The zero-order valence-corrected chi connectivity index (χ0v) is 10.6. The van der Waals surface area contributed by atoms with Crippen LogP contribution in [0.25, 0.3) is 0 Å². The fourth-order valence-corrected chi connectivity index (χ4v) is 1.86. The number of nitrogens with zero attached hydrogens (tertiary/aromatic N) is 2. The van der Waals surface area contributed by atoms with Gasteiger partial charge in [0, 0.05) is 30.9 Å². The van der Waals surface area contributed by atoms with Gasteiger partial charge in [-0.3, -0.25) is 4.68 Å². The average Bonchev–Trinajstić information content (AvgIpc) is 2.86. The first-order valence-electron chi connectivity index (χ1n) is 6.24. The van der Waals surface area contributed by atoms with Crippen molar-refractivity contribution in [3.8, 4) is 0 Å². The summed E-state index contributed by atoms with van der Waals surface area (Å²) in [6, 6.07) is 0.292. The second kappa shape index (κ2) is 6.14. The zero-order chi connectivity index (χ0) is 12.1. The van der Waals surface area contributed by atoms with Gasteiger partial charge in [-0.25, -0.2) is 0 Å². The van der Waals surface area contributed by atoms with E-state index in [4.69, 9.17) is 9.47 Å². The maximum Gasteiger partial charge on any atom is 0.0933 e. The first-order chi connectivity index (χ1) is 8.29. The Labute approximate surface area is 102 Å². The number of aryl methyl sites for hydroxylation is 1. The van der Waals surface area contributed by atoms with Crippen molar-refractivity contribution in [3.63, 3.8) is 0 Å². The van der Waals surface area contributed by atoms with Crippen molar-refractivity contribution < 1.29 is 9.47 Å². The maximum absolute atomic E-state index is 5.58. The maximum atomic E-state index is 5.58. The molecular formula is C12H21N3O2. The number of rotatable bonds is 5. The molecule has 0 aromatic carbocycles. The molecule has 0 spiro atoms. The van der Waals surface area contributed by atoms with Gasteiger partial charge in [0.05, 0.1) is 32.1 Å². The molecule has 1 aromatic rings. The molecule has 1 fully saturated rings. The normalized spacial score (nSPS) is 22.6. The Kier molecular flexibility index (Phi) is 4.53. The van der Waals surface area contributed by atoms with E-state index in [2.05, 4.69) is 30.5 Å². The minimum absolute atomic E-state index is 0.174. The molecule has 1 aromatic heterocycles. The van der Waals surface area contributed by atoms with Gasteiger partial charge >= 0.3 is 0 Å².